The van der Waals surface area contributed by atoms with Crippen LogP contribution in [0.2, 0.25) is 0 Å². The SMILES string of the molecule is [2H]C([2H])([2H])Oc1cc2ccnc(O[C@@H]3C[C@H]4C(=O)C[C@]5(C(=O)NS(=O)(=O)C6(C)CC6)C[C@H]5/C=C\CC[C@@H](C)C[C@@H](CC)[C@H](CC(=O)OC(C)(C)C(F)(F)F)C(=O)N4C3)c2cc1F.[2H]C([2H])([2H])Oc1cc2ccnc(O[C@@H]3C[C@H]4C(=O)C[C@]5(C(=O)NS(=O)(=O)C6(C)CC6)C[C@H]5/C=C\CC[C@H](C)C[C@@H](CC)[C@H](CC(=O)OC(C)(C)C(F)(F)F)C(=O)N4C3)c2cc1F. The van der Waals surface area contributed by atoms with Gasteiger partial charge in [0, 0.05) is 48.8 Å². The van der Waals surface area contributed by atoms with Crippen LogP contribution >= 0.6 is 0 Å². The number of hydrogen-bond donors (Lipinski definition) is 2. The van der Waals surface area contributed by atoms with Gasteiger partial charge in [-0.25, -0.2) is 35.6 Å². The van der Waals surface area contributed by atoms with Crippen molar-refractivity contribution < 1.29 is 127 Å². The van der Waals surface area contributed by atoms with Crippen molar-refractivity contribution in [2.75, 3.05) is 27.2 Å². The van der Waals surface area contributed by atoms with Crippen LogP contribution < -0.4 is 28.4 Å². The number of rotatable bonds is 20. The molecule has 4 saturated carbocycles. The number of ketones is 2. The van der Waals surface area contributed by atoms with E-state index in [-0.39, 0.29) is 83.9 Å². The van der Waals surface area contributed by atoms with E-state index in [4.69, 9.17) is 36.6 Å². The highest BCUT2D eigenvalue weighted by atomic mass is 32.2. The summed E-state index contributed by atoms with van der Waals surface area (Å²) in [6, 6.07) is 4.56. The summed E-state index contributed by atoms with van der Waals surface area (Å²) in [6.07, 6.45) is 0.915. The molecule has 2 aromatic heterocycles. The molecule has 6 fully saturated rings. The average molecular weight is 1710 g/mol. The molecule has 2 N–H and O–H groups in total. The number of amides is 4. The van der Waals surface area contributed by atoms with Crippen molar-refractivity contribution in [1.82, 2.24) is 29.2 Å². The van der Waals surface area contributed by atoms with E-state index in [1.165, 1.54) is 48.2 Å². The van der Waals surface area contributed by atoms with Gasteiger partial charge in [-0.1, -0.05) is 64.8 Å². The number of carbonyl (C=O) groups excluding carboxylic acids is 8. The fourth-order valence-corrected chi connectivity index (χ4v) is 19.4. The molecule has 0 bridgehead atoms. The van der Waals surface area contributed by atoms with E-state index in [1.54, 1.807) is 13.8 Å². The fourth-order valence-electron chi connectivity index (χ4n) is 16.8. The summed E-state index contributed by atoms with van der Waals surface area (Å²) < 4.78 is 245. The van der Waals surface area contributed by atoms with Crippen LogP contribution in [0, 0.1) is 69.8 Å². The number of alkyl halides is 6. The van der Waals surface area contributed by atoms with Crippen molar-refractivity contribution in [3.63, 3.8) is 0 Å². The van der Waals surface area contributed by atoms with E-state index in [2.05, 4.69) is 19.4 Å². The molecule has 118 heavy (non-hydrogen) atoms. The zero-order valence-corrected chi connectivity index (χ0v) is 69.0. The number of esters is 2. The van der Waals surface area contributed by atoms with Crippen LogP contribution in [-0.2, 0) is 67.9 Å². The maximum atomic E-state index is 15.2. The van der Waals surface area contributed by atoms with E-state index in [9.17, 15) is 81.5 Å². The molecule has 0 unspecified atom stereocenters. The molecule has 14 atom stereocenters. The zero-order chi connectivity index (χ0) is 91.6. The highest BCUT2D eigenvalue weighted by Crippen LogP contribution is 2.60. The third-order valence-electron chi connectivity index (χ3n) is 25.5. The van der Waals surface area contributed by atoms with E-state index >= 15 is 8.78 Å². The molecule has 4 amide bonds. The van der Waals surface area contributed by atoms with Crippen LogP contribution in [0.4, 0.5) is 35.1 Å². The van der Waals surface area contributed by atoms with Crippen molar-refractivity contribution in [3.8, 4) is 23.3 Å². The molecule has 34 heteroatoms. The minimum Gasteiger partial charge on any atom is -0.494 e. The van der Waals surface area contributed by atoms with Crippen molar-refractivity contribution in [1.29, 1.82) is 0 Å². The number of allylic oxidation sites excluding steroid dienone is 4. The molecule has 2 saturated heterocycles. The predicted octanol–water partition coefficient (Wildman–Crippen LogP) is 14.0. The third kappa shape index (κ3) is 19.3. The van der Waals surface area contributed by atoms with E-state index < -0.39 is 234 Å². The largest absolute Gasteiger partial charge is 0.494 e. The molecule has 648 valence electrons. The summed E-state index contributed by atoms with van der Waals surface area (Å²) in [7, 11) is -14.1. The first-order valence-electron chi connectivity index (χ1n) is 43.0. The molecular weight excluding hydrogens is 1600 g/mol. The van der Waals surface area contributed by atoms with Gasteiger partial charge < -0.3 is 38.2 Å². The summed E-state index contributed by atoms with van der Waals surface area (Å²) in [4.78, 5) is 125. The summed E-state index contributed by atoms with van der Waals surface area (Å²) in [6.45, 7) is 12.8. The van der Waals surface area contributed by atoms with E-state index in [1.807, 2.05) is 38.2 Å². The number of hydrogen-bond acceptors (Lipinski definition) is 20. The molecule has 2 aromatic carbocycles. The Kier molecular flexibility index (Phi) is 23.7. The normalized spacial score (nSPS) is 30.3. The number of benzene rings is 2. The minimum atomic E-state index is -4.92. The number of ether oxygens (including phenoxy) is 6. The van der Waals surface area contributed by atoms with Gasteiger partial charge in [-0.05, 0) is 201 Å². The molecule has 4 aromatic rings. The standard InChI is InChI=1S/2C42H53F4N3O9S/c2*1-7-25-16-24(2)10-8-9-11-27-21-41(27,38(53)48-59(54,55)40(5)13-14-40)22-33(50)32-18-28(57-36-29-19-31(43)34(56-6)17-26(29)12-15-47-36)23-49(32)37(52)30(25)20-35(51)58-39(3,4)42(44,45)46/h2*9,11-12,15,17,19,24-25,27-28,30,32H,7-8,10,13-14,16,18,20-23H2,1-6H3,(H,48,53)/b2*11-9-/t24-,25+,27+,28+,30-,32-,41+;24-,25-,27-,28-,30+,32+,41-/m01/s1/i2*6D3. The first-order chi connectivity index (χ1) is 57.4. The Morgan fingerprint density at radius 2 is 0.941 bits per heavy atom. The Hall–Kier alpha value is -8.56. The van der Waals surface area contributed by atoms with Crippen molar-refractivity contribution in [3.05, 3.63) is 84.7 Å². The van der Waals surface area contributed by atoms with Gasteiger partial charge in [-0.2, -0.15) is 26.3 Å². The maximum absolute atomic E-state index is 15.2. The van der Waals surface area contributed by atoms with Crippen LogP contribution in [-0.4, -0.2) is 168 Å². The Morgan fingerprint density at radius 1 is 0.576 bits per heavy atom. The average Bonchev–Trinajstić information content (AvgIpc) is 1.55. The van der Waals surface area contributed by atoms with Crippen LogP contribution in [0.25, 0.3) is 21.5 Å². The third-order valence-corrected chi connectivity index (χ3v) is 29.8. The molecule has 12 rings (SSSR count). The minimum absolute atomic E-state index is 0.0417. The van der Waals surface area contributed by atoms with Gasteiger partial charge in [0.05, 0.1) is 92.5 Å². The van der Waals surface area contributed by atoms with Crippen molar-refractivity contribution in [2.45, 2.75) is 255 Å². The van der Waals surface area contributed by atoms with Gasteiger partial charge in [0.15, 0.2) is 34.7 Å². The van der Waals surface area contributed by atoms with Crippen LogP contribution in [0.1, 0.15) is 206 Å². The number of sulfonamides is 2. The highest BCUT2D eigenvalue weighted by Gasteiger charge is 2.65. The first-order valence-corrected chi connectivity index (χ1v) is 42.9. The lowest BCUT2D eigenvalue weighted by molar-refractivity contribution is -0.257. The molecule has 4 aliphatic heterocycles. The lowest BCUT2D eigenvalue weighted by atomic mass is 9.79. The second-order valence-corrected chi connectivity index (χ2v) is 39.4. The Morgan fingerprint density at radius 3 is 1.27 bits per heavy atom. The van der Waals surface area contributed by atoms with Gasteiger partial charge in [-0.15, -0.1) is 0 Å². The number of nitrogens with one attached hydrogen (secondary N) is 2. The Bertz CT molecular complexity index is 4780. The quantitative estimate of drug-likeness (QED) is 0.0472. The number of Topliss-reactive ketones (excluding diaryl/α,β-unsaturated/α-hetero) is 2. The fraction of sp³-hybridized carbons (Fsp3) is 0.643. The monoisotopic (exact) mass is 1710 g/mol. The van der Waals surface area contributed by atoms with Gasteiger partial charge in [0.25, 0.3) is 0 Å². The van der Waals surface area contributed by atoms with E-state index in [0.717, 1.165) is 24.3 Å². The molecular formula is C84H106F8N6O18S2. The Labute approximate surface area is 690 Å². The highest BCUT2D eigenvalue weighted by molar-refractivity contribution is 7.92. The van der Waals surface area contributed by atoms with Crippen LogP contribution in [0.5, 0.6) is 23.3 Å². The topological polar surface area (TPSA) is 317 Å². The molecule has 24 nitrogen and oxygen atoms in total. The van der Waals surface area contributed by atoms with Crippen molar-refractivity contribution in [2.24, 2.45) is 58.2 Å². The lowest BCUT2D eigenvalue weighted by Crippen LogP contribution is -2.49. The number of nitrogens with zero attached hydrogens (tertiary/aromatic N) is 4. The van der Waals surface area contributed by atoms with Crippen LogP contribution in [0.3, 0.4) is 0 Å². The number of methoxy groups -OCH3 is 2. The lowest BCUT2D eigenvalue weighted by Gasteiger charge is -2.34. The summed E-state index contributed by atoms with van der Waals surface area (Å²) >= 11 is 0. The van der Waals surface area contributed by atoms with Gasteiger partial charge in [0.1, 0.15) is 12.2 Å². The predicted molar refractivity (Wildman–Crippen MR) is 416 cm³/mol. The molecule has 0 radical (unpaired) electrons. The number of halogens is 8. The Balaban J connectivity index is 0.000000241. The van der Waals surface area contributed by atoms with Gasteiger partial charge in [-0.3, -0.25) is 47.8 Å². The van der Waals surface area contributed by atoms with Crippen molar-refractivity contribution >= 4 is 88.7 Å². The molecule has 4 aliphatic carbocycles. The van der Waals surface area contributed by atoms with Crippen LogP contribution in [0.15, 0.2) is 73.1 Å². The molecule has 6 heterocycles. The van der Waals surface area contributed by atoms with Gasteiger partial charge in [0.2, 0.25) is 66.6 Å². The van der Waals surface area contributed by atoms with E-state index in [0.29, 0.717) is 105 Å². The zero-order valence-electron chi connectivity index (χ0n) is 73.4. The maximum Gasteiger partial charge on any atom is 0.427 e. The second-order valence-electron chi connectivity index (χ2n) is 35.0. The number of pyridine rings is 2. The number of aromatic nitrogens is 2. The second kappa shape index (κ2) is 34.2. The summed E-state index contributed by atoms with van der Waals surface area (Å²) in [5, 5.41) is 0.775. The first kappa shape index (κ1) is 81.8. The summed E-state index contributed by atoms with van der Waals surface area (Å²) in [5.41, 5.74) is -8.67. The molecule has 0 spiro atoms. The summed E-state index contributed by atoms with van der Waals surface area (Å²) in [5.74, 6) is -14.9. The number of fused-ring (bicyclic) bond motifs is 6. The smallest absolute Gasteiger partial charge is 0.427 e. The van der Waals surface area contributed by atoms with Gasteiger partial charge >= 0.3 is 24.3 Å². The number of carbonyl (C=O) groups is 8. The molecule has 8 aliphatic rings.